The van der Waals surface area contributed by atoms with Gasteiger partial charge in [0.05, 0.1) is 16.6 Å². The van der Waals surface area contributed by atoms with Crippen LogP contribution < -0.4 is 11.1 Å². The van der Waals surface area contributed by atoms with Gasteiger partial charge in [-0.25, -0.2) is 4.39 Å². The molecule has 1 amide bonds. The zero-order valence-corrected chi connectivity index (χ0v) is 10.3. The summed E-state index contributed by atoms with van der Waals surface area (Å²) in [4.78, 5) is 31.7. The molecule has 0 aliphatic rings. The lowest BCUT2D eigenvalue weighted by Gasteiger charge is -2.07. The van der Waals surface area contributed by atoms with E-state index in [4.69, 9.17) is 10.8 Å². The number of carbonyl (C=O) groups excluding carboxylic acids is 1. The molecular formula is C11H12FN3O5. The summed E-state index contributed by atoms with van der Waals surface area (Å²) in [5.74, 6) is -2.77. The fourth-order valence-electron chi connectivity index (χ4n) is 1.48. The van der Waals surface area contributed by atoms with Crippen molar-refractivity contribution in [2.75, 3.05) is 12.3 Å². The van der Waals surface area contributed by atoms with E-state index in [-0.39, 0.29) is 24.9 Å². The first-order valence-electron chi connectivity index (χ1n) is 5.56. The number of nitrogens with one attached hydrogen (secondary N) is 1. The van der Waals surface area contributed by atoms with E-state index in [2.05, 4.69) is 5.32 Å². The lowest BCUT2D eigenvalue weighted by Crippen LogP contribution is -2.26. The maximum Gasteiger partial charge on any atom is 0.303 e. The van der Waals surface area contributed by atoms with E-state index in [1.165, 1.54) is 0 Å². The van der Waals surface area contributed by atoms with Gasteiger partial charge in [-0.2, -0.15) is 0 Å². The SMILES string of the molecule is Nc1c(C(=O)NCCCC(=O)O)cc(F)cc1[N+](=O)[O-]. The molecule has 0 fully saturated rings. The van der Waals surface area contributed by atoms with E-state index >= 15 is 0 Å². The number of halogens is 1. The number of nitrogens with two attached hydrogens (primary N) is 1. The molecule has 4 N–H and O–H groups in total. The summed E-state index contributed by atoms with van der Waals surface area (Å²) in [7, 11) is 0. The summed E-state index contributed by atoms with van der Waals surface area (Å²) in [6, 6.07) is 1.41. The minimum atomic E-state index is -1.01. The largest absolute Gasteiger partial charge is 0.481 e. The number of nitro benzene ring substituents is 1. The van der Waals surface area contributed by atoms with Gasteiger partial charge in [-0.05, 0) is 12.5 Å². The Morgan fingerprint density at radius 2 is 2.10 bits per heavy atom. The Bertz CT molecular complexity index is 561. The monoisotopic (exact) mass is 285 g/mol. The molecule has 0 aromatic heterocycles. The topological polar surface area (TPSA) is 136 Å². The molecule has 0 saturated carbocycles. The maximum absolute atomic E-state index is 13.2. The van der Waals surface area contributed by atoms with E-state index in [1.54, 1.807) is 0 Å². The molecule has 1 aromatic carbocycles. The highest BCUT2D eigenvalue weighted by Crippen LogP contribution is 2.26. The van der Waals surface area contributed by atoms with Gasteiger partial charge in [0.1, 0.15) is 11.5 Å². The van der Waals surface area contributed by atoms with Crippen molar-refractivity contribution < 1.29 is 24.0 Å². The summed E-state index contributed by atoms with van der Waals surface area (Å²) < 4.78 is 13.2. The van der Waals surface area contributed by atoms with E-state index in [9.17, 15) is 24.1 Å². The lowest BCUT2D eigenvalue weighted by atomic mass is 10.1. The first-order valence-corrected chi connectivity index (χ1v) is 5.56. The molecule has 8 nitrogen and oxygen atoms in total. The fraction of sp³-hybridized carbons (Fsp3) is 0.273. The highest BCUT2D eigenvalue weighted by molar-refractivity contribution is 6.01. The molecule has 20 heavy (non-hydrogen) atoms. The number of amides is 1. The van der Waals surface area contributed by atoms with Crippen molar-refractivity contribution in [2.45, 2.75) is 12.8 Å². The smallest absolute Gasteiger partial charge is 0.303 e. The van der Waals surface area contributed by atoms with Gasteiger partial charge in [0.2, 0.25) is 0 Å². The predicted molar refractivity (Wildman–Crippen MR) is 66.7 cm³/mol. The molecular weight excluding hydrogens is 273 g/mol. The van der Waals surface area contributed by atoms with Crippen LogP contribution in [0.4, 0.5) is 15.8 Å². The van der Waals surface area contributed by atoms with Crippen LogP contribution in [0.15, 0.2) is 12.1 Å². The van der Waals surface area contributed by atoms with Gasteiger partial charge in [0.15, 0.2) is 0 Å². The molecule has 0 saturated heterocycles. The molecule has 0 unspecified atom stereocenters. The van der Waals surface area contributed by atoms with Gasteiger partial charge < -0.3 is 16.2 Å². The minimum absolute atomic E-state index is 0.0366. The molecule has 0 heterocycles. The highest BCUT2D eigenvalue weighted by Gasteiger charge is 2.21. The number of carboxylic acid groups (broad SMARTS) is 1. The number of benzene rings is 1. The lowest BCUT2D eigenvalue weighted by molar-refractivity contribution is -0.384. The number of hydrogen-bond donors (Lipinski definition) is 3. The van der Waals surface area contributed by atoms with Crippen molar-refractivity contribution in [3.05, 3.63) is 33.6 Å². The molecule has 0 spiro atoms. The van der Waals surface area contributed by atoms with Crippen molar-refractivity contribution in [1.82, 2.24) is 5.32 Å². The van der Waals surface area contributed by atoms with E-state index < -0.39 is 34.0 Å². The Balaban J connectivity index is 2.82. The Labute approximate surface area is 112 Å². The van der Waals surface area contributed by atoms with Gasteiger partial charge in [0.25, 0.3) is 11.6 Å². The highest BCUT2D eigenvalue weighted by atomic mass is 19.1. The summed E-state index contributed by atoms with van der Waals surface area (Å²) in [6.45, 7) is 0.0366. The van der Waals surface area contributed by atoms with E-state index in [0.29, 0.717) is 6.07 Å². The van der Waals surface area contributed by atoms with Crippen molar-refractivity contribution in [3.8, 4) is 0 Å². The number of aliphatic carboxylic acids is 1. The quantitative estimate of drug-likeness (QED) is 0.307. The average molecular weight is 285 g/mol. The van der Waals surface area contributed by atoms with Crippen LogP contribution in [0, 0.1) is 15.9 Å². The number of nitrogens with zero attached hydrogens (tertiary/aromatic N) is 1. The minimum Gasteiger partial charge on any atom is -0.481 e. The number of nitrogen functional groups attached to an aromatic ring is 1. The van der Waals surface area contributed by atoms with E-state index in [1.807, 2.05) is 0 Å². The first kappa shape index (κ1) is 15.3. The third-order valence-electron chi connectivity index (χ3n) is 2.42. The van der Waals surface area contributed by atoms with E-state index in [0.717, 1.165) is 6.07 Å². The van der Waals surface area contributed by atoms with Gasteiger partial charge >= 0.3 is 5.97 Å². The third-order valence-corrected chi connectivity index (χ3v) is 2.42. The first-order chi connectivity index (χ1) is 9.32. The summed E-state index contributed by atoms with van der Waals surface area (Å²) in [6.07, 6.45) is 0.0391. The second-order valence-corrected chi connectivity index (χ2v) is 3.90. The predicted octanol–water partition coefficient (Wildman–Crippen LogP) is 0.911. The maximum atomic E-state index is 13.2. The second kappa shape index (κ2) is 6.45. The average Bonchev–Trinajstić information content (AvgIpc) is 2.36. The van der Waals surface area contributed by atoms with Crippen LogP contribution in [0.3, 0.4) is 0 Å². The van der Waals surface area contributed by atoms with Gasteiger partial charge in [-0.1, -0.05) is 0 Å². The number of rotatable bonds is 6. The summed E-state index contributed by atoms with van der Waals surface area (Å²) in [5, 5.41) is 21.4. The van der Waals surface area contributed by atoms with Crippen molar-refractivity contribution in [1.29, 1.82) is 0 Å². The van der Waals surface area contributed by atoms with Crippen LogP contribution in [0.25, 0.3) is 0 Å². The molecule has 1 aromatic rings. The zero-order valence-electron chi connectivity index (χ0n) is 10.3. The van der Waals surface area contributed by atoms with Gasteiger partial charge in [-0.15, -0.1) is 0 Å². The molecule has 0 bridgehead atoms. The Morgan fingerprint density at radius 3 is 2.65 bits per heavy atom. The Morgan fingerprint density at radius 1 is 1.45 bits per heavy atom. The molecule has 0 aliphatic heterocycles. The fourth-order valence-corrected chi connectivity index (χ4v) is 1.48. The van der Waals surface area contributed by atoms with Crippen LogP contribution >= 0.6 is 0 Å². The molecule has 0 aliphatic carbocycles. The molecule has 108 valence electrons. The van der Waals surface area contributed by atoms with Crippen molar-refractivity contribution in [3.63, 3.8) is 0 Å². The van der Waals surface area contributed by atoms with Crippen LogP contribution in [-0.2, 0) is 4.79 Å². The summed E-state index contributed by atoms with van der Waals surface area (Å²) in [5.41, 5.74) is 3.96. The zero-order chi connectivity index (χ0) is 15.3. The van der Waals surface area contributed by atoms with Gasteiger partial charge in [0, 0.05) is 13.0 Å². The Kier molecular flexibility index (Phi) is 4.95. The normalized spacial score (nSPS) is 10.1. The molecule has 0 atom stereocenters. The van der Waals surface area contributed by atoms with Crippen LogP contribution in [0.2, 0.25) is 0 Å². The molecule has 9 heteroatoms. The molecule has 0 radical (unpaired) electrons. The number of anilines is 1. The number of carbonyl (C=O) groups is 2. The van der Waals surface area contributed by atoms with Crippen LogP contribution in [0.1, 0.15) is 23.2 Å². The second-order valence-electron chi connectivity index (χ2n) is 3.90. The number of carboxylic acids is 1. The summed E-state index contributed by atoms with van der Waals surface area (Å²) >= 11 is 0. The van der Waals surface area contributed by atoms with Crippen LogP contribution in [0.5, 0.6) is 0 Å². The van der Waals surface area contributed by atoms with Crippen molar-refractivity contribution in [2.24, 2.45) is 0 Å². The standard InChI is InChI=1S/C11H12FN3O5/c12-6-4-7(10(13)8(5-6)15(19)20)11(18)14-3-1-2-9(16)17/h4-5H,1-3,13H2,(H,14,18)(H,16,17). The third kappa shape index (κ3) is 3.90. The van der Waals surface area contributed by atoms with Crippen LogP contribution in [-0.4, -0.2) is 28.5 Å². The molecule has 1 rings (SSSR count). The van der Waals surface area contributed by atoms with Crippen molar-refractivity contribution >= 4 is 23.3 Å². The number of hydrogen-bond acceptors (Lipinski definition) is 5. The number of nitro groups is 1. The Hall–Kier alpha value is -2.71. The van der Waals surface area contributed by atoms with Gasteiger partial charge in [-0.3, -0.25) is 19.7 Å².